The van der Waals surface area contributed by atoms with E-state index in [9.17, 15) is 0 Å². The summed E-state index contributed by atoms with van der Waals surface area (Å²) in [6.07, 6.45) is 3.62. The average molecular weight is 261 g/mol. The summed E-state index contributed by atoms with van der Waals surface area (Å²) < 4.78 is 0. The third-order valence-electron chi connectivity index (χ3n) is 4.44. The number of rotatable bonds is 5. The second-order valence-electron chi connectivity index (χ2n) is 5.96. The second kappa shape index (κ2) is 6.51. The van der Waals surface area contributed by atoms with Crippen molar-refractivity contribution in [1.82, 2.24) is 9.80 Å². The highest BCUT2D eigenvalue weighted by Crippen LogP contribution is 2.29. The summed E-state index contributed by atoms with van der Waals surface area (Å²) >= 11 is 0. The summed E-state index contributed by atoms with van der Waals surface area (Å²) in [6, 6.07) is 10.8. The largest absolute Gasteiger partial charge is 0.330 e. The summed E-state index contributed by atoms with van der Waals surface area (Å²) in [7, 11) is 4.39. The number of hydrogen-bond acceptors (Lipinski definition) is 3. The number of benzene rings is 1. The maximum atomic E-state index is 5.84. The molecule has 19 heavy (non-hydrogen) atoms. The van der Waals surface area contributed by atoms with Gasteiger partial charge >= 0.3 is 0 Å². The summed E-state index contributed by atoms with van der Waals surface area (Å²) in [5, 5.41) is 0. The van der Waals surface area contributed by atoms with Gasteiger partial charge in [0.2, 0.25) is 0 Å². The molecule has 0 radical (unpaired) electrons. The summed E-state index contributed by atoms with van der Waals surface area (Å²) in [4.78, 5) is 4.96. The number of piperidine rings is 1. The zero-order valence-corrected chi connectivity index (χ0v) is 12.3. The first kappa shape index (κ1) is 14.5. The van der Waals surface area contributed by atoms with Crippen molar-refractivity contribution >= 4 is 0 Å². The van der Waals surface area contributed by atoms with E-state index in [1.165, 1.54) is 24.9 Å². The van der Waals surface area contributed by atoms with E-state index >= 15 is 0 Å². The SMILES string of the molecule is CN(C)C1(CCN)CCCN(Cc2ccccc2)C1. The lowest BCUT2D eigenvalue weighted by Gasteiger charge is -2.47. The van der Waals surface area contributed by atoms with Gasteiger partial charge in [0, 0.05) is 18.6 Å². The third kappa shape index (κ3) is 3.56. The van der Waals surface area contributed by atoms with E-state index in [2.05, 4.69) is 54.2 Å². The Kier molecular flexibility index (Phi) is 4.97. The Bertz CT molecular complexity index is 373. The molecule has 0 spiro atoms. The monoisotopic (exact) mass is 261 g/mol. The molecule has 2 rings (SSSR count). The molecule has 0 aromatic heterocycles. The van der Waals surface area contributed by atoms with Crippen LogP contribution in [0.4, 0.5) is 0 Å². The van der Waals surface area contributed by atoms with Crippen molar-refractivity contribution in [2.24, 2.45) is 5.73 Å². The van der Waals surface area contributed by atoms with Crippen LogP contribution in [0, 0.1) is 0 Å². The van der Waals surface area contributed by atoms with Crippen molar-refractivity contribution in [1.29, 1.82) is 0 Å². The predicted octanol–water partition coefficient (Wildman–Crippen LogP) is 1.93. The fourth-order valence-corrected chi connectivity index (χ4v) is 3.24. The van der Waals surface area contributed by atoms with Gasteiger partial charge in [0.15, 0.2) is 0 Å². The molecule has 1 unspecified atom stereocenters. The van der Waals surface area contributed by atoms with Crippen LogP contribution in [0.5, 0.6) is 0 Å². The van der Waals surface area contributed by atoms with Crippen molar-refractivity contribution in [2.75, 3.05) is 33.7 Å². The smallest absolute Gasteiger partial charge is 0.0342 e. The molecule has 1 saturated heterocycles. The van der Waals surface area contributed by atoms with Crippen LogP contribution in [-0.2, 0) is 6.54 Å². The average Bonchev–Trinajstić information content (AvgIpc) is 2.40. The van der Waals surface area contributed by atoms with E-state index in [0.29, 0.717) is 0 Å². The molecule has 0 bridgehead atoms. The molecule has 3 nitrogen and oxygen atoms in total. The van der Waals surface area contributed by atoms with Gasteiger partial charge in [-0.2, -0.15) is 0 Å². The Morgan fingerprint density at radius 2 is 2.00 bits per heavy atom. The van der Waals surface area contributed by atoms with Crippen LogP contribution in [0.15, 0.2) is 30.3 Å². The van der Waals surface area contributed by atoms with E-state index in [1.54, 1.807) is 0 Å². The van der Waals surface area contributed by atoms with Gasteiger partial charge in [-0.15, -0.1) is 0 Å². The van der Waals surface area contributed by atoms with Crippen LogP contribution in [0.25, 0.3) is 0 Å². The fourth-order valence-electron chi connectivity index (χ4n) is 3.24. The van der Waals surface area contributed by atoms with Crippen LogP contribution in [-0.4, -0.2) is 49.1 Å². The Labute approximate surface area is 117 Å². The molecule has 0 saturated carbocycles. The van der Waals surface area contributed by atoms with Gasteiger partial charge in [0.25, 0.3) is 0 Å². The van der Waals surface area contributed by atoms with E-state index in [0.717, 1.165) is 26.1 Å². The first-order valence-corrected chi connectivity index (χ1v) is 7.30. The standard InChI is InChI=1S/C16H27N3/c1-18(2)16(10-11-17)9-6-12-19(14-16)13-15-7-4-3-5-8-15/h3-5,7-8H,6,9-14,17H2,1-2H3. The van der Waals surface area contributed by atoms with Crippen molar-refractivity contribution in [3.63, 3.8) is 0 Å². The number of nitrogens with two attached hydrogens (primary N) is 1. The third-order valence-corrected chi connectivity index (χ3v) is 4.44. The molecular formula is C16H27N3. The first-order valence-electron chi connectivity index (χ1n) is 7.30. The van der Waals surface area contributed by atoms with Crippen molar-refractivity contribution in [3.05, 3.63) is 35.9 Å². The molecule has 0 aliphatic carbocycles. The lowest BCUT2D eigenvalue weighted by molar-refractivity contribution is 0.0353. The molecule has 0 amide bonds. The Morgan fingerprint density at radius 1 is 1.26 bits per heavy atom. The summed E-state index contributed by atoms with van der Waals surface area (Å²) in [6.45, 7) is 4.17. The zero-order valence-electron chi connectivity index (χ0n) is 12.3. The molecule has 1 aliphatic rings. The topological polar surface area (TPSA) is 32.5 Å². The maximum absolute atomic E-state index is 5.84. The van der Waals surface area contributed by atoms with Gasteiger partial charge in [-0.05, 0) is 52.0 Å². The van der Waals surface area contributed by atoms with Crippen molar-refractivity contribution in [2.45, 2.75) is 31.3 Å². The quantitative estimate of drug-likeness (QED) is 0.879. The molecule has 1 aromatic rings. The van der Waals surface area contributed by atoms with E-state index in [-0.39, 0.29) is 5.54 Å². The van der Waals surface area contributed by atoms with Gasteiger partial charge in [-0.3, -0.25) is 4.90 Å². The highest BCUT2D eigenvalue weighted by atomic mass is 15.2. The van der Waals surface area contributed by atoms with Gasteiger partial charge in [-0.1, -0.05) is 30.3 Å². The highest BCUT2D eigenvalue weighted by Gasteiger charge is 2.36. The van der Waals surface area contributed by atoms with Gasteiger partial charge in [-0.25, -0.2) is 0 Å². The summed E-state index contributed by atoms with van der Waals surface area (Å²) in [5.74, 6) is 0. The Balaban J connectivity index is 2.03. The molecule has 1 fully saturated rings. The van der Waals surface area contributed by atoms with E-state index in [1.807, 2.05) is 0 Å². The van der Waals surface area contributed by atoms with Gasteiger partial charge < -0.3 is 10.6 Å². The minimum absolute atomic E-state index is 0.266. The molecule has 3 heteroatoms. The highest BCUT2D eigenvalue weighted by molar-refractivity contribution is 5.14. The molecule has 1 atom stereocenters. The number of hydrogen-bond donors (Lipinski definition) is 1. The zero-order chi connectivity index (χ0) is 13.7. The second-order valence-corrected chi connectivity index (χ2v) is 5.96. The molecule has 106 valence electrons. The number of likely N-dealkylation sites (tertiary alicyclic amines) is 1. The Hall–Kier alpha value is -0.900. The molecular weight excluding hydrogens is 234 g/mol. The molecule has 2 N–H and O–H groups in total. The molecule has 1 aromatic carbocycles. The van der Waals surface area contributed by atoms with Crippen LogP contribution >= 0.6 is 0 Å². The maximum Gasteiger partial charge on any atom is 0.0342 e. The Morgan fingerprint density at radius 3 is 2.63 bits per heavy atom. The van der Waals surface area contributed by atoms with E-state index in [4.69, 9.17) is 5.73 Å². The predicted molar refractivity (Wildman–Crippen MR) is 81.0 cm³/mol. The molecule has 1 heterocycles. The van der Waals surface area contributed by atoms with Crippen LogP contribution < -0.4 is 5.73 Å². The lowest BCUT2D eigenvalue weighted by atomic mass is 9.84. The van der Waals surface area contributed by atoms with Crippen LogP contribution in [0.3, 0.4) is 0 Å². The first-order chi connectivity index (χ1) is 9.16. The number of nitrogens with zero attached hydrogens (tertiary/aromatic N) is 2. The van der Waals surface area contributed by atoms with Crippen LogP contribution in [0.2, 0.25) is 0 Å². The van der Waals surface area contributed by atoms with Gasteiger partial charge in [0.1, 0.15) is 0 Å². The van der Waals surface area contributed by atoms with Gasteiger partial charge in [0.05, 0.1) is 0 Å². The van der Waals surface area contributed by atoms with E-state index < -0.39 is 0 Å². The lowest BCUT2D eigenvalue weighted by Crippen LogP contribution is -2.56. The van der Waals surface area contributed by atoms with Crippen molar-refractivity contribution < 1.29 is 0 Å². The number of likely N-dealkylation sites (N-methyl/N-ethyl adjacent to an activating group) is 1. The summed E-state index contributed by atoms with van der Waals surface area (Å²) in [5.41, 5.74) is 7.51. The van der Waals surface area contributed by atoms with Crippen molar-refractivity contribution in [3.8, 4) is 0 Å². The minimum Gasteiger partial charge on any atom is -0.330 e. The fraction of sp³-hybridized carbons (Fsp3) is 0.625. The van der Waals surface area contributed by atoms with Crippen LogP contribution in [0.1, 0.15) is 24.8 Å². The normalized spacial score (nSPS) is 24.8. The minimum atomic E-state index is 0.266. The molecule has 1 aliphatic heterocycles.